The number of carbonyl (C=O) groups excluding carboxylic acids is 1. The molecule has 1 aliphatic heterocycles. The normalized spacial score (nSPS) is 14.9. The number of alkyl halides is 3. The van der Waals surface area contributed by atoms with Crippen LogP contribution in [0.3, 0.4) is 0 Å². The number of benzene rings is 3. The molecule has 1 aliphatic rings. The predicted molar refractivity (Wildman–Crippen MR) is 142 cm³/mol. The number of rotatable bonds is 6. The molecule has 1 fully saturated rings. The van der Waals surface area contributed by atoms with Crippen molar-refractivity contribution < 1.29 is 26.4 Å². The molecule has 0 radical (unpaired) electrons. The van der Waals surface area contributed by atoms with Gasteiger partial charge < -0.3 is 4.90 Å². The maximum Gasteiger partial charge on any atom is 0.416 e. The SMILES string of the molecule is O=C(c1ccc(NS(=O)(=O)c2cccc3cccnc23)cc1)N1CCN(Cc2ccc(C(F)(F)F)cc2)CC1. The van der Waals surface area contributed by atoms with E-state index in [-0.39, 0.29) is 10.8 Å². The van der Waals surface area contributed by atoms with Crippen molar-refractivity contribution in [3.8, 4) is 0 Å². The zero-order valence-electron chi connectivity index (χ0n) is 20.7. The van der Waals surface area contributed by atoms with Crippen LogP contribution in [0.1, 0.15) is 21.5 Å². The molecular weight excluding hydrogens is 529 g/mol. The third-order valence-electron chi connectivity index (χ3n) is 6.62. The summed E-state index contributed by atoms with van der Waals surface area (Å²) >= 11 is 0. The number of aromatic nitrogens is 1. The van der Waals surface area contributed by atoms with Crippen LogP contribution >= 0.6 is 0 Å². The van der Waals surface area contributed by atoms with Gasteiger partial charge in [0.1, 0.15) is 4.90 Å². The number of carbonyl (C=O) groups is 1. The standard InChI is InChI=1S/C28H25F3N4O3S/c29-28(30,31)23-10-6-20(7-11-23)19-34-15-17-35(18-16-34)27(36)22-8-12-24(13-9-22)33-39(37,38)25-5-1-3-21-4-2-14-32-26(21)25/h1-14,33H,15-19H2. The van der Waals surface area contributed by atoms with Gasteiger partial charge in [0.05, 0.1) is 11.1 Å². The summed E-state index contributed by atoms with van der Waals surface area (Å²) in [5.41, 5.74) is 1.23. The third kappa shape index (κ3) is 6.04. The van der Waals surface area contributed by atoms with E-state index in [9.17, 15) is 26.4 Å². The summed E-state index contributed by atoms with van der Waals surface area (Å²) in [5.74, 6) is -0.170. The number of fused-ring (bicyclic) bond motifs is 1. The minimum Gasteiger partial charge on any atom is -0.336 e. The Morgan fingerprint density at radius 3 is 2.21 bits per heavy atom. The average molecular weight is 555 g/mol. The summed E-state index contributed by atoms with van der Waals surface area (Å²) in [4.78, 5) is 21.1. The summed E-state index contributed by atoms with van der Waals surface area (Å²) in [6, 6.07) is 19.8. The summed E-state index contributed by atoms with van der Waals surface area (Å²) in [6.45, 7) is 2.62. The largest absolute Gasteiger partial charge is 0.416 e. The van der Waals surface area contributed by atoms with E-state index in [0.29, 0.717) is 54.9 Å². The van der Waals surface area contributed by atoms with E-state index < -0.39 is 21.8 Å². The minimum absolute atomic E-state index is 0.0647. The van der Waals surface area contributed by atoms with Gasteiger partial charge in [-0.2, -0.15) is 13.2 Å². The Kier molecular flexibility index (Phi) is 7.28. The van der Waals surface area contributed by atoms with Crippen LogP contribution < -0.4 is 4.72 Å². The van der Waals surface area contributed by atoms with Gasteiger partial charge in [-0.1, -0.05) is 30.3 Å². The van der Waals surface area contributed by atoms with Crippen LogP contribution in [0.4, 0.5) is 18.9 Å². The lowest BCUT2D eigenvalue weighted by Gasteiger charge is -2.34. The number of nitrogens with one attached hydrogen (secondary N) is 1. The van der Waals surface area contributed by atoms with E-state index in [0.717, 1.165) is 17.7 Å². The van der Waals surface area contributed by atoms with Gasteiger partial charge in [-0.05, 0) is 54.1 Å². The third-order valence-corrected chi connectivity index (χ3v) is 8.03. The number of hydrogen-bond donors (Lipinski definition) is 1. The van der Waals surface area contributed by atoms with Crippen LogP contribution in [0.15, 0.2) is 90.0 Å². The quantitative estimate of drug-likeness (QED) is 0.362. The van der Waals surface area contributed by atoms with E-state index in [1.165, 1.54) is 24.4 Å². The minimum atomic E-state index is -4.36. The average Bonchev–Trinajstić information content (AvgIpc) is 2.93. The van der Waals surface area contributed by atoms with Gasteiger partial charge in [0.2, 0.25) is 0 Å². The topological polar surface area (TPSA) is 82.6 Å². The van der Waals surface area contributed by atoms with Crippen LogP contribution in [0, 0.1) is 0 Å². The molecule has 39 heavy (non-hydrogen) atoms. The highest BCUT2D eigenvalue weighted by Crippen LogP contribution is 2.29. The zero-order chi connectivity index (χ0) is 27.6. The van der Waals surface area contributed by atoms with Crippen molar-refractivity contribution in [2.45, 2.75) is 17.6 Å². The van der Waals surface area contributed by atoms with Crippen molar-refractivity contribution in [1.29, 1.82) is 0 Å². The van der Waals surface area contributed by atoms with Crippen LogP contribution in [0.2, 0.25) is 0 Å². The van der Waals surface area contributed by atoms with Crippen molar-refractivity contribution >= 4 is 32.5 Å². The number of para-hydroxylation sites is 1. The molecule has 2 heterocycles. The van der Waals surface area contributed by atoms with Crippen LogP contribution in [-0.4, -0.2) is 55.3 Å². The fourth-order valence-corrected chi connectivity index (χ4v) is 5.77. The lowest BCUT2D eigenvalue weighted by Crippen LogP contribution is -2.48. The molecule has 1 N–H and O–H groups in total. The number of anilines is 1. The molecule has 5 rings (SSSR count). The molecule has 0 bridgehead atoms. The van der Waals surface area contributed by atoms with Crippen molar-refractivity contribution in [2.75, 3.05) is 30.9 Å². The fraction of sp³-hybridized carbons (Fsp3) is 0.214. The van der Waals surface area contributed by atoms with E-state index in [2.05, 4.69) is 14.6 Å². The first-order valence-electron chi connectivity index (χ1n) is 12.2. The molecule has 0 aliphatic carbocycles. The molecule has 1 saturated heterocycles. The Balaban J connectivity index is 1.18. The van der Waals surface area contributed by atoms with Crippen molar-refractivity contribution in [2.24, 2.45) is 0 Å². The molecule has 0 spiro atoms. The van der Waals surface area contributed by atoms with E-state index in [4.69, 9.17) is 0 Å². The number of amides is 1. The zero-order valence-corrected chi connectivity index (χ0v) is 21.5. The van der Waals surface area contributed by atoms with Crippen molar-refractivity contribution in [1.82, 2.24) is 14.8 Å². The molecule has 0 unspecified atom stereocenters. The Hall–Kier alpha value is -3.96. The van der Waals surface area contributed by atoms with Gasteiger partial charge in [0, 0.05) is 55.6 Å². The number of halogens is 3. The summed E-state index contributed by atoms with van der Waals surface area (Å²) < 4.78 is 66.9. The molecule has 4 aromatic rings. The summed E-state index contributed by atoms with van der Waals surface area (Å²) in [6.07, 6.45) is -2.82. The van der Waals surface area contributed by atoms with Crippen LogP contribution in [-0.2, 0) is 22.7 Å². The molecule has 0 atom stereocenters. The number of sulfonamides is 1. The highest BCUT2D eigenvalue weighted by atomic mass is 32.2. The van der Waals surface area contributed by atoms with Crippen molar-refractivity contribution in [3.05, 3.63) is 102 Å². The van der Waals surface area contributed by atoms with Crippen LogP contribution in [0.5, 0.6) is 0 Å². The highest BCUT2D eigenvalue weighted by Gasteiger charge is 2.30. The number of piperazine rings is 1. The molecule has 11 heteroatoms. The van der Waals surface area contributed by atoms with Gasteiger partial charge in [0.15, 0.2) is 0 Å². The Morgan fingerprint density at radius 1 is 0.872 bits per heavy atom. The molecule has 3 aromatic carbocycles. The van der Waals surface area contributed by atoms with Gasteiger partial charge in [-0.15, -0.1) is 0 Å². The Bertz CT molecular complexity index is 1580. The molecule has 202 valence electrons. The monoisotopic (exact) mass is 554 g/mol. The highest BCUT2D eigenvalue weighted by molar-refractivity contribution is 7.93. The number of hydrogen-bond acceptors (Lipinski definition) is 5. The molecule has 0 saturated carbocycles. The molecule has 1 aromatic heterocycles. The van der Waals surface area contributed by atoms with Gasteiger partial charge >= 0.3 is 6.18 Å². The van der Waals surface area contributed by atoms with E-state index in [1.54, 1.807) is 53.4 Å². The second-order valence-electron chi connectivity index (χ2n) is 9.28. The smallest absolute Gasteiger partial charge is 0.336 e. The molecular formula is C28H25F3N4O3S. The van der Waals surface area contributed by atoms with Crippen LogP contribution in [0.25, 0.3) is 10.9 Å². The second-order valence-corrected chi connectivity index (χ2v) is 10.9. The molecule has 7 nitrogen and oxygen atoms in total. The van der Waals surface area contributed by atoms with Gasteiger partial charge in [-0.25, -0.2) is 8.42 Å². The maximum absolute atomic E-state index is 13.0. The summed E-state index contributed by atoms with van der Waals surface area (Å²) in [5, 5.41) is 0.709. The maximum atomic E-state index is 13.0. The number of pyridine rings is 1. The fourth-order valence-electron chi connectivity index (χ4n) is 4.53. The first kappa shape index (κ1) is 26.6. The summed E-state index contributed by atoms with van der Waals surface area (Å²) in [7, 11) is -3.90. The van der Waals surface area contributed by atoms with E-state index >= 15 is 0 Å². The first-order valence-corrected chi connectivity index (χ1v) is 13.7. The van der Waals surface area contributed by atoms with Gasteiger partial charge in [0.25, 0.3) is 15.9 Å². The Morgan fingerprint density at radius 2 is 1.54 bits per heavy atom. The first-order chi connectivity index (χ1) is 18.6. The lowest BCUT2D eigenvalue weighted by molar-refractivity contribution is -0.137. The number of nitrogens with zero attached hydrogens (tertiary/aromatic N) is 3. The Labute approximate surface area is 223 Å². The van der Waals surface area contributed by atoms with E-state index in [1.807, 2.05) is 0 Å². The van der Waals surface area contributed by atoms with Crippen molar-refractivity contribution in [3.63, 3.8) is 0 Å². The molecule has 1 amide bonds. The lowest BCUT2D eigenvalue weighted by atomic mass is 10.1. The second kappa shape index (κ2) is 10.7. The predicted octanol–water partition coefficient (Wildman–Crippen LogP) is 5.01. The van der Waals surface area contributed by atoms with Gasteiger partial charge in [-0.3, -0.25) is 19.4 Å².